The second-order valence-corrected chi connectivity index (χ2v) is 6.58. The first-order valence-corrected chi connectivity index (χ1v) is 8.11. The van der Waals surface area contributed by atoms with Crippen LogP contribution in [0.5, 0.6) is 0 Å². The quantitative estimate of drug-likeness (QED) is 0.793. The zero-order chi connectivity index (χ0) is 17.7. The van der Waals surface area contributed by atoms with E-state index in [9.17, 15) is 13.2 Å². The molecule has 132 valence electrons. The average molecular weight is 339 g/mol. The van der Waals surface area contributed by atoms with Crippen LogP contribution in [0.25, 0.3) is 0 Å². The molecule has 0 unspecified atom stereocenters. The number of aromatic nitrogens is 2. The van der Waals surface area contributed by atoms with Crippen LogP contribution in [-0.2, 0) is 25.9 Å². The molecule has 1 aromatic heterocycles. The molecule has 0 saturated heterocycles. The zero-order valence-corrected chi connectivity index (χ0v) is 14.4. The van der Waals surface area contributed by atoms with Gasteiger partial charge in [-0.1, -0.05) is 0 Å². The molecule has 1 heterocycles. The number of benzene rings is 1. The van der Waals surface area contributed by atoms with E-state index in [-0.39, 0.29) is 0 Å². The van der Waals surface area contributed by atoms with E-state index >= 15 is 0 Å². The predicted molar refractivity (Wildman–Crippen MR) is 88.6 cm³/mol. The van der Waals surface area contributed by atoms with Gasteiger partial charge < -0.3 is 5.32 Å². The predicted octanol–water partition coefficient (Wildman–Crippen LogP) is 3.80. The Bertz CT molecular complexity index is 675. The molecule has 3 nitrogen and oxygen atoms in total. The van der Waals surface area contributed by atoms with Gasteiger partial charge in [-0.2, -0.15) is 5.10 Å². The molecular weight excluding hydrogens is 315 g/mol. The maximum absolute atomic E-state index is 13.8. The molecule has 0 aliphatic heterocycles. The monoisotopic (exact) mass is 339 g/mol. The van der Waals surface area contributed by atoms with Gasteiger partial charge in [0.1, 0.15) is 17.3 Å². The van der Waals surface area contributed by atoms with Crippen molar-refractivity contribution in [3.8, 4) is 0 Å². The topological polar surface area (TPSA) is 29.9 Å². The Kier molecular flexibility index (Phi) is 6.04. The van der Waals surface area contributed by atoms with Crippen molar-refractivity contribution >= 4 is 0 Å². The van der Waals surface area contributed by atoms with Crippen molar-refractivity contribution in [1.82, 2.24) is 15.1 Å². The van der Waals surface area contributed by atoms with Gasteiger partial charge in [-0.25, -0.2) is 13.2 Å². The summed E-state index contributed by atoms with van der Waals surface area (Å²) in [4.78, 5) is 0. The fraction of sp³-hybridized carbons (Fsp3) is 0.500. The average Bonchev–Trinajstić information content (AvgIpc) is 2.88. The van der Waals surface area contributed by atoms with E-state index in [2.05, 4.69) is 10.4 Å². The van der Waals surface area contributed by atoms with Crippen LogP contribution in [0.3, 0.4) is 0 Å². The van der Waals surface area contributed by atoms with Crippen molar-refractivity contribution in [1.29, 1.82) is 0 Å². The molecule has 0 atom stereocenters. The molecule has 2 aromatic rings. The minimum Gasteiger partial charge on any atom is -0.314 e. The summed E-state index contributed by atoms with van der Waals surface area (Å²) in [6.45, 7) is 4.13. The summed E-state index contributed by atoms with van der Waals surface area (Å²) in [5, 5.41) is 7.50. The van der Waals surface area contributed by atoms with E-state index in [0.717, 1.165) is 23.5 Å². The van der Waals surface area contributed by atoms with Crippen LogP contribution >= 0.6 is 0 Å². The molecule has 2 rings (SSSR count). The fourth-order valence-electron chi connectivity index (χ4n) is 2.55. The lowest BCUT2D eigenvalue weighted by molar-refractivity contribution is 0.189. The molecule has 0 spiro atoms. The molecule has 0 aliphatic rings. The van der Waals surface area contributed by atoms with Crippen LogP contribution in [0, 0.1) is 11.6 Å². The number of hydrogen-bond donors (Lipinski definition) is 1. The maximum atomic E-state index is 13.8. The Morgan fingerprint density at radius 2 is 1.92 bits per heavy atom. The number of rotatable bonds is 8. The molecule has 1 aromatic carbocycles. The molecule has 24 heavy (non-hydrogen) atoms. The van der Waals surface area contributed by atoms with Crippen LogP contribution in [0.15, 0.2) is 24.3 Å². The van der Waals surface area contributed by atoms with Crippen molar-refractivity contribution < 1.29 is 13.2 Å². The molecule has 0 amide bonds. The second-order valence-electron chi connectivity index (χ2n) is 6.58. The Morgan fingerprint density at radius 3 is 2.58 bits per heavy atom. The Hall–Kier alpha value is -1.82. The second kappa shape index (κ2) is 7.83. The number of hydrogen-bond acceptors (Lipinski definition) is 2. The summed E-state index contributed by atoms with van der Waals surface area (Å²) in [5.41, 5.74) is 0.807. The van der Waals surface area contributed by atoms with Gasteiger partial charge in [-0.15, -0.1) is 0 Å². The van der Waals surface area contributed by atoms with Gasteiger partial charge in [0, 0.05) is 25.2 Å². The van der Waals surface area contributed by atoms with Gasteiger partial charge in [0.25, 0.3) is 0 Å². The Labute approximate surface area is 140 Å². The molecule has 1 N–H and O–H groups in total. The van der Waals surface area contributed by atoms with Crippen LogP contribution in [0.2, 0.25) is 0 Å². The van der Waals surface area contributed by atoms with E-state index in [1.165, 1.54) is 19.9 Å². The summed E-state index contributed by atoms with van der Waals surface area (Å²) in [5.74, 6) is -0.863. The van der Waals surface area contributed by atoms with E-state index in [4.69, 9.17) is 0 Å². The summed E-state index contributed by atoms with van der Waals surface area (Å²) in [7, 11) is 1.82. The first-order chi connectivity index (χ1) is 11.3. The van der Waals surface area contributed by atoms with E-state index in [1.807, 2.05) is 13.1 Å². The lowest BCUT2D eigenvalue weighted by Crippen LogP contribution is -2.18. The molecule has 0 fully saturated rings. The highest BCUT2D eigenvalue weighted by atomic mass is 19.1. The van der Waals surface area contributed by atoms with Crippen LogP contribution < -0.4 is 5.32 Å². The third kappa shape index (κ3) is 5.37. The van der Waals surface area contributed by atoms with E-state index in [0.29, 0.717) is 37.9 Å². The number of alkyl halides is 1. The fourth-order valence-corrected chi connectivity index (χ4v) is 2.55. The lowest BCUT2D eigenvalue weighted by Gasteiger charge is -2.15. The normalized spacial score (nSPS) is 11.9. The Balaban J connectivity index is 2.13. The van der Waals surface area contributed by atoms with Crippen LogP contribution in [0.4, 0.5) is 13.2 Å². The summed E-state index contributed by atoms with van der Waals surface area (Å²) in [6, 6.07) is 5.39. The highest BCUT2D eigenvalue weighted by molar-refractivity contribution is 5.21. The van der Waals surface area contributed by atoms with Crippen molar-refractivity contribution in [2.45, 2.75) is 51.9 Å². The summed E-state index contributed by atoms with van der Waals surface area (Å²) >= 11 is 0. The summed E-state index contributed by atoms with van der Waals surface area (Å²) < 4.78 is 42.6. The first-order valence-electron chi connectivity index (χ1n) is 8.11. The summed E-state index contributed by atoms with van der Waals surface area (Å²) in [6.07, 6.45) is 1.23. The largest absolute Gasteiger partial charge is 0.314 e. The van der Waals surface area contributed by atoms with E-state index < -0.39 is 17.3 Å². The van der Waals surface area contributed by atoms with Gasteiger partial charge in [-0.3, -0.25) is 4.68 Å². The van der Waals surface area contributed by atoms with Gasteiger partial charge in [0.2, 0.25) is 0 Å². The molecule has 0 bridgehead atoms. The third-order valence-electron chi connectivity index (χ3n) is 3.85. The highest BCUT2D eigenvalue weighted by Gasteiger charge is 2.17. The lowest BCUT2D eigenvalue weighted by atomic mass is 10.1. The minimum absolute atomic E-state index is 0.337. The van der Waals surface area contributed by atoms with E-state index in [1.54, 1.807) is 4.68 Å². The zero-order valence-electron chi connectivity index (χ0n) is 14.4. The molecular formula is C18H24F3N3. The van der Waals surface area contributed by atoms with Crippen molar-refractivity contribution in [3.63, 3.8) is 0 Å². The SMILES string of the molecule is CNCc1cc(CCc2cc(F)ccc2F)n(CCC(C)(C)F)n1. The highest BCUT2D eigenvalue weighted by Crippen LogP contribution is 2.18. The molecule has 6 heteroatoms. The maximum Gasteiger partial charge on any atom is 0.126 e. The number of aryl methyl sites for hydroxylation is 3. The molecule has 0 saturated carbocycles. The van der Waals surface area contributed by atoms with Crippen molar-refractivity contribution in [2.24, 2.45) is 0 Å². The van der Waals surface area contributed by atoms with Crippen LogP contribution in [0.1, 0.15) is 37.2 Å². The van der Waals surface area contributed by atoms with Gasteiger partial charge in [0.15, 0.2) is 0 Å². The van der Waals surface area contributed by atoms with Gasteiger partial charge in [0.05, 0.1) is 5.69 Å². The van der Waals surface area contributed by atoms with Crippen molar-refractivity contribution in [2.75, 3.05) is 7.05 Å². The minimum atomic E-state index is -1.28. The number of nitrogens with one attached hydrogen (secondary N) is 1. The third-order valence-corrected chi connectivity index (χ3v) is 3.85. The molecule has 0 aliphatic carbocycles. The van der Waals surface area contributed by atoms with Crippen LogP contribution in [-0.4, -0.2) is 22.5 Å². The van der Waals surface area contributed by atoms with Gasteiger partial charge >= 0.3 is 0 Å². The van der Waals surface area contributed by atoms with Crippen molar-refractivity contribution in [3.05, 3.63) is 52.9 Å². The standard InChI is InChI=1S/C18H24F3N3/c1-18(2,21)8-9-24-16(11-15(23-24)12-22-3)6-4-13-10-14(19)5-7-17(13)20/h5,7,10-11,22H,4,6,8-9,12H2,1-3H3. The number of nitrogens with zero attached hydrogens (tertiary/aromatic N) is 2. The Morgan fingerprint density at radius 1 is 1.17 bits per heavy atom. The molecule has 0 radical (unpaired) electrons. The smallest absolute Gasteiger partial charge is 0.126 e. The van der Waals surface area contributed by atoms with Gasteiger partial charge in [-0.05, 0) is 63.6 Å². The number of halogens is 3. The first kappa shape index (κ1) is 18.5.